The van der Waals surface area contributed by atoms with Crippen molar-refractivity contribution in [2.45, 2.75) is 18.5 Å². The summed E-state index contributed by atoms with van der Waals surface area (Å²) < 4.78 is 3.86. The van der Waals surface area contributed by atoms with Crippen LogP contribution in [-0.4, -0.2) is 48.8 Å². The maximum atomic E-state index is 9.28. The van der Waals surface area contributed by atoms with E-state index in [0.717, 1.165) is 30.2 Å². The monoisotopic (exact) mass is 310 g/mol. The number of aliphatic hydroxyl groups is 1. The van der Waals surface area contributed by atoms with Crippen LogP contribution >= 0.6 is 0 Å². The molecule has 0 amide bonds. The molecule has 1 aliphatic heterocycles. The first-order valence-corrected chi connectivity index (χ1v) is 7.70. The van der Waals surface area contributed by atoms with Crippen molar-refractivity contribution in [3.05, 3.63) is 48.9 Å². The predicted molar refractivity (Wildman–Crippen MR) is 85.1 cm³/mol. The summed E-state index contributed by atoms with van der Waals surface area (Å²) in [4.78, 5) is 4.45. The van der Waals surface area contributed by atoms with Crippen LogP contribution in [0.2, 0.25) is 0 Å². The van der Waals surface area contributed by atoms with Gasteiger partial charge in [0.15, 0.2) is 5.82 Å². The second-order valence-corrected chi connectivity index (χ2v) is 5.72. The van der Waals surface area contributed by atoms with Gasteiger partial charge in [-0.3, -0.25) is 0 Å². The van der Waals surface area contributed by atoms with Crippen molar-refractivity contribution in [1.29, 1.82) is 0 Å². The Kier molecular flexibility index (Phi) is 3.64. The summed E-state index contributed by atoms with van der Waals surface area (Å²) in [7, 11) is 0. The minimum atomic E-state index is 0.148. The standard InChI is InChI=1S/C16H18N6O/c23-11-12-8-14(9-18-12)21-7-6-17-16(21)15-10-22(20-19-15)13-4-2-1-3-5-13/h1-7,10,12,14,18,23H,8-9,11H2/t12-,14+/m1/s1. The highest BCUT2D eigenvalue weighted by molar-refractivity contribution is 5.49. The third-order valence-corrected chi connectivity index (χ3v) is 4.22. The maximum absolute atomic E-state index is 9.28. The summed E-state index contributed by atoms with van der Waals surface area (Å²) in [6.07, 6.45) is 6.51. The number of hydrogen-bond donors (Lipinski definition) is 2. The van der Waals surface area contributed by atoms with Gasteiger partial charge in [-0.15, -0.1) is 5.10 Å². The smallest absolute Gasteiger partial charge is 0.162 e. The Morgan fingerprint density at radius 2 is 2.13 bits per heavy atom. The van der Waals surface area contributed by atoms with E-state index in [4.69, 9.17) is 0 Å². The molecule has 23 heavy (non-hydrogen) atoms. The van der Waals surface area contributed by atoms with E-state index in [9.17, 15) is 5.11 Å². The highest BCUT2D eigenvalue weighted by Gasteiger charge is 2.27. The Hall–Kier alpha value is -2.51. The van der Waals surface area contributed by atoms with Crippen molar-refractivity contribution in [1.82, 2.24) is 29.9 Å². The fraction of sp³-hybridized carbons (Fsp3) is 0.312. The van der Waals surface area contributed by atoms with Gasteiger partial charge in [-0.2, -0.15) is 0 Å². The van der Waals surface area contributed by atoms with Gasteiger partial charge in [-0.1, -0.05) is 23.4 Å². The van der Waals surface area contributed by atoms with Crippen molar-refractivity contribution >= 4 is 0 Å². The van der Waals surface area contributed by atoms with Gasteiger partial charge in [0.05, 0.1) is 18.5 Å². The summed E-state index contributed by atoms with van der Waals surface area (Å²) in [5.74, 6) is 0.803. The lowest BCUT2D eigenvalue weighted by Crippen LogP contribution is -2.24. The first-order valence-electron chi connectivity index (χ1n) is 7.70. The van der Waals surface area contributed by atoms with Crippen LogP contribution in [0.3, 0.4) is 0 Å². The van der Waals surface area contributed by atoms with Gasteiger partial charge >= 0.3 is 0 Å². The van der Waals surface area contributed by atoms with Crippen molar-refractivity contribution in [3.63, 3.8) is 0 Å². The van der Waals surface area contributed by atoms with E-state index in [1.54, 1.807) is 10.9 Å². The highest BCUT2D eigenvalue weighted by Crippen LogP contribution is 2.25. The van der Waals surface area contributed by atoms with Crippen molar-refractivity contribution in [2.24, 2.45) is 0 Å². The Balaban J connectivity index is 1.63. The van der Waals surface area contributed by atoms with E-state index in [1.165, 1.54) is 0 Å². The van der Waals surface area contributed by atoms with E-state index in [-0.39, 0.29) is 18.7 Å². The quantitative estimate of drug-likeness (QED) is 0.752. The second-order valence-electron chi connectivity index (χ2n) is 5.72. The molecule has 0 unspecified atom stereocenters. The predicted octanol–water partition coefficient (Wildman–Crippen LogP) is 1.03. The summed E-state index contributed by atoms with van der Waals surface area (Å²) >= 11 is 0. The molecule has 0 aliphatic carbocycles. The van der Waals surface area contributed by atoms with Crippen LogP contribution in [0, 0.1) is 0 Å². The lowest BCUT2D eigenvalue weighted by atomic mass is 10.2. The fourth-order valence-electron chi connectivity index (χ4n) is 3.03. The minimum Gasteiger partial charge on any atom is -0.395 e. The molecular weight excluding hydrogens is 292 g/mol. The molecule has 1 aliphatic rings. The summed E-state index contributed by atoms with van der Waals surface area (Å²) in [5, 5.41) is 21.1. The van der Waals surface area contributed by atoms with Crippen LogP contribution in [0.5, 0.6) is 0 Å². The molecule has 3 heterocycles. The van der Waals surface area contributed by atoms with Crippen LogP contribution < -0.4 is 5.32 Å². The fourth-order valence-corrected chi connectivity index (χ4v) is 3.03. The number of para-hydroxylation sites is 1. The Morgan fingerprint density at radius 1 is 1.26 bits per heavy atom. The van der Waals surface area contributed by atoms with E-state index >= 15 is 0 Å². The SMILES string of the molecule is OC[C@H]1C[C@H](n2ccnc2-c2cn(-c3ccccc3)nn2)CN1. The van der Waals surface area contributed by atoms with Gasteiger partial charge in [-0.05, 0) is 18.6 Å². The molecule has 2 atom stereocenters. The molecule has 4 rings (SSSR count). The molecule has 7 heteroatoms. The summed E-state index contributed by atoms with van der Waals surface area (Å²) in [6, 6.07) is 10.3. The van der Waals surface area contributed by atoms with E-state index in [1.807, 2.05) is 42.7 Å². The van der Waals surface area contributed by atoms with Crippen molar-refractivity contribution in [2.75, 3.05) is 13.2 Å². The lowest BCUT2D eigenvalue weighted by Gasteiger charge is -2.13. The molecule has 0 bridgehead atoms. The average Bonchev–Trinajstić information content (AvgIpc) is 3.33. The number of benzene rings is 1. The number of nitrogens with one attached hydrogen (secondary N) is 1. The van der Waals surface area contributed by atoms with Gasteiger partial charge in [0.2, 0.25) is 0 Å². The van der Waals surface area contributed by atoms with Crippen molar-refractivity contribution in [3.8, 4) is 17.2 Å². The Bertz CT molecular complexity index is 781. The summed E-state index contributed by atoms with van der Waals surface area (Å²) in [5.41, 5.74) is 1.71. The molecule has 1 fully saturated rings. The van der Waals surface area contributed by atoms with E-state index in [0.29, 0.717) is 0 Å². The molecule has 1 aromatic carbocycles. The molecule has 1 saturated heterocycles. The largest absolute Gasteiger partial charge is 0.395 e. The highest BCUT2D eigenvalue weighted by atomic mass is 16.3. The van der Waals surface area contributed by atoms with Gasteiger partial charge in [-0.25, -0.2) is 9.67 Å². The Morgan fingerprint density at radius 3 is 2.91 bits per heavy atom. The zero-order chi connectivity index (χ0) is 15.6. The molecule has 7 nitrogen and oxygen atoms in total. The molecule has 2 aromatic heterocycles. The molecule has 118 valence electrons. The number of hydrogen-bond acceptors (Lipinski definition) is 5. The van der Waals surface area contributed by atoms with Crippen LogP contribution in [0.4, 0.5) is 0 Å². The number of imidazole rings is 1. The zero-order valence-corrected chi connectivity index (χ0v) is 12.6. The number of aliphatic hydroxyl groups excluding tert-OH is 1. The number of rotatable bonds is 4. The zero-order valence-electron chi connectivity index (χ0n) is 12.6. The topological polar surface area (TPSA) is 80.8 Å². The number of aromatic nitrogens is 5. The van der Waals surface area contributed by atoms with Gasteiger partial charge < -0.3 is 15.0 Å². The van der Waals surface area contributed by atoms with Gasteiger partial charge in [0.25, 0.3) is 0 Å². The van der Waals surface area contributed by atoms with E-state index in [2.05, 4.69) is 25.2 Å². The first-order chi connectivity index (χ1) is 11.3. The van der Waals surface area contributed by atoms with Gasteiger partial charge in [0, 0.05) is 31.0 Å². The third kappa shape index (κ3) is 2.64. The molecule has 2 N–H and O–H groups in total. The normalized spacial score (nSPS) is 20.9. The molecular formula is C16H18N6O. The van der Waals surface area contributed by atoms with Crippen molar-refractivity contribution < 1.29 is 5.11 Å². The van der Waals surface area contributed by atoms with Crippen LogP contribution in [0.25, 0.3) is 17.2 Å². The third-order valence-electron chi connectivity index (χ3n) is 4.22. The van der Waals surface area contributed by atoms with Crippen LogP contribution in [0.1, 0.15) is 12.5 Å². The second kappa shape index (κ2) is 5.94. The number of nitrogens with zero attached hydrogens (tertiary/aromatic N) is 5. The Labute approximate surface area is 133 Å². The van der Waals surface area contributed by atoms with Crippen LogP contribution in [0.15, 0.2) is 48.9 Å². The average molecular weight is 310 g/mol. The van der Waals surface area contributed by atoms with Gasteiger partial charge in [0.1, 0.15) is 5.69 Å². The van der Waals surface area contributed by atoms with Crippen LogP contribution in [-0.2, 0) is 0 Å². The molecule has 0 radical (unpaired) electrons. The summed E-state index contributed by atoms with van der Waals surface area (Å²) in [6.45, 7) is 0.978. The minimum absolute atomic E-state index is 0.148. The molecule has 0 spiro atoms. The molecule has 3 aromatic rings. The maximum Gasteiger partial charge on any atom is 0.162 e. The molecule has 0 saturated carbocycles. The van der Waals surface area contributed by atoms with E-state index < -0.39 is 0 Å². The first kappa shape index (κ1) is 14.1. The lowest BCUT2D eigenvalue weighted by molar-refractivity contribution is 0.253.